The van der Waals surface area contributed by atoms with Crippen molar-refractivity contribution in [3.63, 3.8) is 0 Å². The zero-order valence-electron chi connectivity index (χ0n) is 13.5. The molecular weight excluding hydrogens is 256 g/mol. The number of nitrogens with zero attached hydrogens (tertiary/aromatic N) is 1. The van der Waals surface area contributed by atoms with E-state index in [1.807, 2.05) is 0 Å². The normalized spacial score (nSPS) is 27.1. The van der Waals surface area contributed by atoms with Gasteiger partial charge < -0.3 is 10.3 Å². The average molecular weight is 284 g/mol. The molecule has 0 aliphatic heterocycles. The predicted molar refractivity (Wildman–Crippen MR) is 90.3 cm³/mol. The van der Waals surface area contributed by atoms with Crippen LogP contribution in [0.3, 0.4) is 0 Å². The zero-order chi connectivity index (χ0) is 15.0. The first kappa shape index (κ1) is 14.6. The second kappa shape index (κ2) is 5.49. The third-order valence-electron chi connectivity index (χ3n) is 5.47. The maximum absolute atomic E-state index is 6.08. The Balaban J connectivity index is 1.96. The largest absolute Gasteiger partial charge is 0.344 e. The van der Waals surface area contributed by atoms with Crippen molar-refractivity contribution in [2.24, 2.45) is 23.0 Å². The molecule has 1 aromatic heterocycles. The number of para-hydroxylation sites is 1. The second-order valence-corrected chi connectivity index (χ2v) is 7.72. The molecule has 0 saturated heterocycles. The maximum atomic E-state index is 6.08. The van der Waals surface area contributed by atoms with Crippen LogP contribution in [0.5, 0.6) is 0 Å². The van der Waals surface area contributed by atoms with Crippen molar-refractivity contribution in [3.8, 4) is 0 Å². The lowest BCUT2D eigenvalue weighted by atomic mass is 9.68. The van der Waals surface area contributed by atoms with Crippen LogP contribution in [0, 0.1) is 17.3 Å². The Morgan fingerprint density at radius 2 is 1.90 bits per heavy atom. The first-order valence-electron chi connectivity index (χ1n) is 8.26. The van der Waals surface area contributed by atoms with E-state index in [4.69, 9.17) is 5.73 Å². The molecule has 0 radical (unpaired) electrons. The number of hydrogen-bond donors (Lipinski definition) is 1. The monoisotopic (exact) mass is 284 g/mol. The van der Waals surface area contributed by atoms with E-state index < -0.39 is 0 Å². The second-order valence-electron chi connectivity index (χ2n) is 7.72. The smallest absolute Gasteiger partial charge is 0.0482 e. The third-order valence-corrected chi connectivity index (χ3v) is 5.47. The van der Waals surface area contributed by atoms with E-state index in [-0.39, 0.29) is 0 Å². The Kier molecular flexibility index (Phi) is 3.83. The minimum absolute atomic E-state index is 0.390. The van der Waals surface area contributed by atoms with Crippen LogP contribution in [0.4, 0.5) is 0 Å². The Morgan fingerprint density at radius 3 is 2.62 bits per heavy atom. The van der Waals surface area contributed by atoms with Gasteiger partial charge in [-0.1, -0.05) is 39.0 Å². The minimum Gasteiger partial charge on any atom is -0.344 e. The van der Waals surface area contributed by atoms with E-state index in [2.05, 4.69) is 61.9 Å². The van der Waals surface area contributed by atoms with Crippen LogP contribution in [0.15, 0.2) is 36.5 Å². The van der Waals surface area contributed by atoms with Crippen molar-refractivity contribution in [2.45, 2.75) is 46.1 Å². The molecule has 21 heavy (non-hydrogen) atoms. The van der Waals surface area contributed by atoms with Crippen molar-refractivity contribution in [1.29, 1.82) is 0 Å². The summed E-state index contributed by atoms with van der Waals surface area (Å²) in [7, 11) is 0. The summed E-state index contributed by atoms with van der Waals surface area (Å²) in [5, 5.41) is 1.34. The van der Waals surface area contributed by atoms with E-state index in [0.29, 0.717) is 17.4 Å². The zero-order valence-corrected chi connectivity index (χ0v) is 13.5. The summed E-state index contributed by atoms with van der Waals surface area (Å²) in [4.78, 5) is 0. The van der Waals surface area contributed by atoms with Crippen LogP contribution in [0.2, 0.25) is 0 Å². The van der Waals surface area contributed by atoms with Crippen LogP contribution in [-0.4, -0.2) is 11.1 Å². The highest BCUT2D eigenvalue weighted by molar-refractivity contribution is 5.80. The first-order valence-corrected chi connectivity index (χ1v) is 8.26. The van der Waals surface area contributed by atoms with Crippen LogP contribution in [0.1, 0.15) is 46.1 Å². The van der Waals surface area contributed by atoms with Crippen LogP contribution in [0.25, 0.3) is 10.9 Å². The summed E-state index contributed by atoms with van der Waals surface area (Å²) in [5.41, 5.74) is 7.83. The number of benzene rings is 1. The lowest BCUT2D eigenvalue weighted by molar-refractivity contribution is 0.108. The summed E-state index contributed by atoms with van der Waals surface area (Å²) >= 11 is 0. The van der Waals surface area contributed by atoms with E-state index in [1.165, 1.54) is 30.2 Å². The van der Waals surface area contributed by atoms with Crippen LogP contribution in [-0.2, 0) is 0 Å². The van der Waals surface area contributed by atoms with Gasteiger partial charge in [-0.25, -0.2) is 0 Å². The number of nitrogens with two attached hydrogens (primary N) is 1. The Labute approximate surface area is 128 Å². The highest BCUT2D eigenvalue weighted by Gasteiger charge is 2.36. The molecule has 2 N–H and O–H groups in total. The molecule has 3 rings (SSSR count). The van der Waals surface area contributed by atoms with Gasteiger partial charge in [0.15, 0.2) is 0 Å². The molecule has 1 fully saturated rings. The maximum Gasteiger partial charge on any atom is 0.0482 e. The van der Waals surface area contributed by atoms with Gasteiger partial charge in [-0.3, -0.25) is 0 Å². The fraction of sp³-hybridized carbons (Fsp3) is 0.579. The molecule has 1 aliphatic carbocycles. The molecule has 0 bridgehead atoms. The fourth-order valence-electron chi connectivity index (χ4n) is 4.01. The van der Waals surface area contributed by atoms with Crippen molar-refractivity contribution >= 4 is 10.9 Å². The molecule has 1 aliphatic rings. The predicted octanol–water partition coefficient (Wildman–Crippen LogP) is 4.60. The van der Waals surface area contributed by atoms with Crippen molar-refractivity contribution in [1.82, 2.24) is 4.57 Å². The Hall–Kier alpha value is -1.28. The molecule has 0 spiro atoms. The van der Waals surface area contributed by atoms with Crippen LogP contribution >= 0.6 is 0 Å². The molecule has 1 saturated carbocycles. The Bertz CT molecular complexity index is 605. The van der Waals surface area contributed by atoms with E-state index in [0.717, 1.165) is 12.5 Å². The molecule has 3 unspecified atom stereocenters. The highest BCUT2D eigenvalue weighted by atomic mass is 15.0. The van der Waals surface area contributed by atoms with E-state index in [9.17, 15) is 0 Å². The lowest BCUT2D eigenvalue weighted by Crippen LogP contribution is -2.36. The van der Waals surface area contributed by atoms with Crippen LogP contribution < -0.4 is 5.73 Å². The van der Waals surface area contributed by atoms with Gasteiger partial charge in [0, 0.05) is 17.8 Å². The summed E-state index contributed by atoms with van der Waals surface area (Å²) in [6, 6.07) is 11.5. The molecule has 114 valence electrons. The van der Waals surface area contributed by atoms with Crippen molar-refractivity contribution < 1.29 is 0 Å². The first-order chi connectivity index (χ1) is 10.0. The van der Waals surface area contributed by atoms with E-state index in [1.54, 1.807) is 0 Å². The lowest BCUT2D eigenvalue weighted by Gasteiger charge is -2.42. The number of aromatic nitrogens is 1. The molecule has 0 amide bonds. The van der Waals surface area contributed by atoms with Gasteiger partial charge >= 0.3 is 0 Å². The molecular formula is C19H28N2. The number of rotatable bonds is 2. The number of hydrogen-bond acceptors (Lipinski definition) is 1. The van der Waals surface area contributed by atoms with Crippen molar-refractivity contribution in [3.05, 3.63) is 36.5 Å². The summed E-state index contributed by atoms with van der Waals surface area (Å²) in [5.74, 6) is 1.39. The third kappa shape index (κ3) is 2.74. The highest BCUT2D eigenvalue weighted by Crippen LogP contribution is 2.45. The molecule has 2 aromatic rings. The quantitative estimate of drug-likeness (QED) is 0.858. The molecule has 2 nitrogen and oxygen atoms in total. The van der Waals surface area contributed by atoms with Gasteiger partial charge in [0.05, 0.1) is 0 Å². The summed E-state index contributed by atoms with van der Waals surface area (Å²) < 4.78 is 2.49. The molecule has 1 aromatic carbocycles. The van der Waals surface area contributed by atoms with Gasteiger partial charge in [0.25, 0.3) is 0 Å². The summed E-state index contributed by atoms with van der Waals surface area (Å²) in [6.07, 6.45) is 6.10. The van der Waals surface area contributed by atoms with Gasteiger partial charge in [-0.15, -0.1) is 0 Å². The molecule has 1 heterocycles. The molecule has 3 atom stereocenters. The van der Waals surface area contributed by atoms with Gasteiger partial charge in [0.1, 0.15) is 0 Å². The topological polar surface area (TPSA) is 30.9 Å². The number of fused-ring (bicyclic) bond motifs is 1. The van der Waals surface area contributed by atoms with Crippen molar-refractivity contribution in [2.75, 3.05) is 6.54 Å². The standard InChI is InChI=1S/C19H28N2/c1-19(2,3)16-9-8-15(13-20)18(12-16)21-11-10-14-6-4-5-7-17(14)21/h4-7,10-11,15-16,18H,8-9,12-13,20H2,1-3H3. The van der Waals surface area contributed by atoms with Gasteiger partial charge in [-0.2, -0.15) is 0 Å². The Morgan fingerprint density at radius 1 is 1.14 bits per heavy atom. The summed E-state index contributed by atoms with van der Waals surface area (Å²) in [6.45, 7) is 7.94. The van der Waals surface area contributed by atoms with Gasteiger partial charge in [0.2, 0.25) is 0 Å². The minimum atomic E-state index is 0.390. The fourth-order valence-corrected chi connectivity index (χ4v) is 4.01. The van der Waals surface area contributed by atoms with E-state index >= 15 is 0 Å². The molecule has 2 heteroatoms. The average Bonchev–Trinajstić information content (AvgIpc) is 2.89. The SMILES string of the molecule is CC(C)(C)C1CCC(CN)C(n2ccc3ccccc32)C1. The van der Waals surface area contributed by atoms with Gasteiger partial charge in [-0.05, 0) is 60.6 Å².